The summed E-state index contributed by atoms with van der Waals surface area (Å²) in [7, 11) is 2.21. The fraction of sp³-hybridized carbons (Fsp3) is 0.429. The molecule has 2 aliphatic heterocycles. The van der Waals surface area contributed by atoms with Gasteiger partial charge in [-0.15, -0.1) is 0 Å². The standard InChI is InChI=1S/C28H34N6/c1-20-15-25(32(2)23-8-10-24(11-9-23)33-14-4-5-22(30)18-33)19-34(17-20)27-12-7-21(16-29)28-26(27)6-3-13-31-28/h3,6-13,20,22,25H,4-5,14-15,17-19,30H2,1-2H3/t20-,22?,25+/m0/s1. The lowest BCUT2D eigenvalue weighted by Crippen LogP contribution is -2.49. The smallest absolute Gasteiger partial charge is 0.101 e. The van der Waals surface area contributed by atoms with Crippen LogP contribution in [0.15, 0.2) is 54.7 Å². The lowest BCUT2D eigenvalue weighted by atomic mass is 9.93. The van der Waals surface area contributed by atoms with Gasteiger partial charge in [-0.3, -0.25) is 4.98 Å². The third kappa shape index (κ3) is 4.41. The Bertz CT molecular complexity index is 1180. The Hall–Kier alpha value is -3.30. The first-order chi connectivity index (χ1) is 16.5. The van der Waals surface area contributed by atoms with Crippen LogP contribution in [0.5, 0.6) is 0 Å². The number of pyridine rings is 1. The second kappa shape index (κ2) is 9.52. The van der Waals surface area contributed by atoms with Gasteiger partial charge in [-0.1, -0.05) is 6.92 Å². The zero-order valence-corrected chi connectivity index (χ0v) is 20.2. The molecule has 5 rings (SSSR count). The van der Waals surface area contributed by atoms with Crippen LogP contribution in [0.2, 0.25) is 0 Å². The van der Waals surface area contributed by atoms with E-state index < -0.39 is 0 Å². The Morgan fingerprint density at radius 3 is 2.65 bits per heavy atom. The Kier molecular flexibility index (Phi) is 6.30. The first-order valence-electron chi connectivity index (χ1n) is 12.4. The second-order valence-electron chi connectivity index (χ2n) is 10.0. The predicted molar refractivity (Wildman–Crippen MR) is 141 cm³/mol. The lowest BCUT2D eigenvalue weighted by Gasteiger charge is -2.43. The van der Waals surface area contributed by atoms with Crippen LogP contribution < -0.4 is 20.4 Å². The van der Waals surface area contributed by atoms with Gasteiger partial charge in [0.25, 0.3) is 0 Å². The largest absolute Gasteiger partial charge is 0.370 e. The van der Waals surface area contributed by atoms with Crippen LogP contribution >= 0.6 is 0 Å². The number of anilines is 3. The van der Waals surface area contributed by atoms with Crippen molar-refractivity contribution in [3.05, 3.63) is 60.3 Å². The Morgan fingerprint density at radius 1 is 1.06 bits per heavy atom. The molecule has 3 heterocycles. The number of fused-ring (bicyclic) bond motifs is 1. The number of aromatic nitrogens is 1. The molecule has 2 fully saturated rings. The van der Waals surface area contributed by atoms with Crippen molar-refractivity contribution in [2.75, 3.05) is 47.9 Å². The summed E-state index contributed by atoms with van der Waals surface area (Å²) in [5.74, 6) is 0.567. The maximum atomic E-state index is 9.52. The van der Waals surface area contributed by atoms with E-state index in [0.717, 1.165) is 56.3 Å². The van der Waals surface area contributed by atoms with Gasteiger partial charge in [0.1, 0.15) is 6.07 Å². The highest BCUT2D eigenvalue weighted by atomic mass is 15.2. The van der Waals surface area contributed by atoms with Gasteiger partial charge >= 0.3 is 0 Å². The second-order valence-corrected chi connectivity index (χ2v) is 10.0. The Labute approximate surface area is 202 Å². The van der Waals surface area contributed by atoms with Crippen molar-refractivity contribution in [1.82, 2.24) is 4.98 Å². The molecule has 34 heavy (non-hydrogen) atoms. The third-order valence-corrected chi connectivity index (χ3v) is 7.47. The number of nitriles is 1. The highest BCUT2D eigenvalue weighted by molar-refractivity contribution is 5.95. The number of nitrogens with zero attached hydrogens (tertiary/aromatic N) is 5. The minimum atomic E-state index is 0.277. The molecule has 0 amide bonds. The molecule has 2 saturated heterocycles. The van der Waals surface area contributed by atoms with Crippen molar-refractivity contribution >= 4 is 28.0 Å². The predicted octanol–water partition coefficient (Wildman–Crippen LogP) is 4.39. The topological polar surface area (TPSA) is 72.4 Å². The molecular formula is C28H34N6. The number of benzene rings is 2. The van der Waals surface area contributed by atoms with E-state index in [0.29, 0.717) is 17.5 Å². The summed E-state index contributed by atoms with van der Waals surface area (Å²) in [6.07, 6.45) is 5.21. The van der Waals surface area contributed by atoms with Gasteiger partial charge in [-0.05, 0) is 73.7 Å². The fourth-order valence-electron chi connectivity index (χ4n) is 5.67. The van der Waals surface area contributed by atoms with Gasteiger partial charge in [-0.2, -0.15) is 5.26 Å². The number of piperidine rings is 2. The van der Waals surface area contributed by atoms with Crippen LogP contribution in [-0.4, -0.2) is 50.3 Å². The molecule has 176 valence electrons. The van der Waals surface area contributed by atoms with Gasteiger partial charge in [-0.25, -0.2) is 0 Å². The number of rotatable bonds is 4. The first kappa shape index (κ1) is 22.5. The summed E-state index contributed by atoms with van der Waals surface area (Å²) in [6, 6.07) is 20.0. The normalized spacial score (nSPS) is 23.1. The number of nitrogens with two attached hydrogens (primary N) is 1. The maximum Gasteiger partial charge on any atom is 0.101 e. The molecule has 0 spiro atoms. The van der Waals surface area contributed by atoms with Crippen molar-refractivity contribution in [3.8, 4) is 6.07 Å². The van der Waals surface area contributed by atoms with E-state index >= 15 is 0 Å². The number of hydrogen-bond donors (Lipinski definition) is 1. The Balaban J connectivity index is 1.36. The molecule has 0 aliphatic carbocycles. The quantitative estimate of drug-likeness (QED) is 0.631. The van der Waals surface area contributed by atoms with E-state index in [-0.39, 0.29) is 6.04 Å². The summed E-state index contributed by atoms with van der Waals surface area (Å²) < 4.78 is 0. The monoisotopic (exact) mass is 454 g/mol. The van der Waals surface area contributed by atoms with Crippen LogP contribution in [0.4, 0.5) is 17.1 Å². The van der Waals surface area contributed by atoms with E-state index in [1.165, 1.54) is 17.1 Å². The molecule has 6 nitrogen and oxygen atoms in total. The van der Waals surface area contributed by atoms with Crippen molar-refractivity contribution in [2.45, 2.75) is 38.3 Å². The van der Waals surface area contributed by atoms with E-state index in [9.17, 15) is 5.26 Å². The molecule has 0 saturated carbocycles. The molecular weight excluding hydrogens is 420 g/mol. The van der Waals surface area contributed by atoms with Crippen LogP contribution in [0, 0.1) is 17.2 Å². The molecule has 2 aromatic carbocycles. The summed E-state index contributed by atoms with van der Waals surface area (Å²) in [4.78, 5) is 11.8. The van der Waals surface area contributed by atoms with Crippen LogP contribution in [0.3, 0.4) is 0 Å². The fourth-order valence-corrected chi connectivity index (χ4v) is 5.67. The highest BCUT2D eigenvalue weighted by Gasteiger charge is 2.29. The van der Waals surface area contributed by atoms with Gasteiger partial charge in [0, 0.05) is 74.0 Å². The van der Waals surface area contributed by atoms with E-state index in [1.807, 2.05) is 12.1 Å². The molecule has 6 heteroatoms. The lowest BCUT2D eigenvalue weighted by molar-refractivity contribution is 0.392. The molecule has 0 bridgehead atoms. The molecule has 0 radical (unpaired) electrons. The highest BCUT2D eigenvalue weighted by Crippen LogP contribution is 2.33. The summed E-state index contributed by atoms with van der Waals surface area (Å²) in [6.45, 7) is 6.32. The minimum Gasteiger partial charge on any atom is -0.370 e. The Morgan fingerprint density at radius 2 is 1.88 bits per heavy atom. The summed E-state index contributed by atoms with van der Waals surface area (Å²) in [5, 5.41) is 10.6. The van der Waals surface area contributed by atoms with Gasteiger partial charge in [0.15, 0.2) is 0 Å². The van der Waals surface area contributed by atoms with Gasteiger partial charge < -0.3 is 20.4 Å². The van der Waals surface area contributed by atoms with E-state index in [4.69, 9.17) is 5.73 Å². The molecule has 3 aromatic rings. The average molecular weight is 455 g/mol. The average Bonchev–Trinajstić information content (AvgIpc) is 2.87. The maximum absolute atomic E-state index is 9.52. The number of hydrogen-bond acceptors (Lipinski definition) is 6. The van der Waals surface area contributed by atoms with Crippen molar-refractivity contribution in [2.24, 2.45) is 11.7 Å². The minimum absolute atomic E-state index is 0.277. The molecule has 1 aromatic heterocycles. The molecule has 2 aliphatic rings. The zero-order valence-electron chi connectivity index (χ0n) is 20.2. The SMILES string of the molecule is C[C@H]1C[C@@H](N(C)c2ccc(N3CCCC(N)C3)cc2)CN(c2ccc(C#N)c3ncccc23)C1. The first-order valence-corrected chi connectivity index (χ1v) is 12.4. The molecule has 3 atom stereocenters. The van der Waals surface area contributed by atoms with Gasteiger partial charge in [0.2, 0.25) is 0 Å². The van der Waals surface area contributed by atoms with Crippen molar-refractivity contribution in [3.63, 3.8) is 0 Å². The molecule has 2 N–H and O–H groups in total. The zero-order chi connectivity index (χ0) is 23.7. The van der Waals surface area contributed by atoms with Gasteiger partial charge in [0.05, 0.1) is 11.1 Å². The summed E-state index contributed by atoms with van der Waals surface area (Å²) in [5.41, 5.74) is 11.3. The van der Waals surface area contributed by atoms with Crippen molar-refractivity contribution in [1.29, 1.82) is 5.26 Å². The van der Waals surface area contributed by atoms with Crippen LogP contribution in [0.1, 0.15) is 31.7 Å². The summed E-state index contributed by atoms with van der Waals surface area (Å²) >= 11 is 0. The molecule has 1 unspecified atom stereocenters. The van der Waals surface area contributed by atoms with E-state index in [1.54, 1.807) is 6.20 Å². The number of likely N-dealkylation sites (N-methyl/N-ethyl adjacent to an activating group) is 1. The third-order valence-electron chi connectivity index (χ3n) is 7.47. The van der Waals surface area contributed by atoms with Crippen molar-refractivity contribution < 1.29 is 0 Å². The van der Waals surface area contributed by atoms with Crippen LogP contribution in [-0.2, 0) is 0 Å². The van der Waals surface area contributed by atoms with Crippen LogP contribution in [0.25, 0.3) is 10.9 Å². The van der Waals surface area contributed by atoms with E-state index in [2.05, 4.69) is 76.1 Å².